The first-order chi connectivity index (χ1) is 10.1. The maximum absolute atomic E-state index is 12.0. The molecule has 0 unspecified atom stereocenters. The summed E-state index contributed by atoms with van der Waals surface area (Å²) in [5.41, 5.74) is 3.46. The molecule has 112 valence electrons. The summed E-state index contributed by atoms with van der Waals surface area (Å²) in [5.74, 6) is -0.152. The Morgan fingerprint density at radius 3 is 2.81 bits per heavy atom. The lowest BCUT2D eigenvalue weighted by atomic mass is 10.3. The molecule has 0 saturated heterocycles. The minimum absolute atomic E-state index is 0.152. The predicted octanol–water partition coefficient (Wildman–Crippen LogP) is 1.76. The topological polar surface area (TPSA) is 71.8 Å². The van der Waals surface area contributed by atoms with Gasteiger partial charge >= 0.3 is 0 Å². The minimum atomic E-state index is -0.152. The number of anilines is 1. The molecule has 6 nitrogen and oxygen atoms in total. The lowest BCUT2D eigenvalue weighted by Crippen LogP contribution is -2.26. The Balaban J connectivity index is 1.80. The van der Waals surface area contributed by atoms with E-state index >= 15 is 0 Å². The minimum Gasteiger partial charge on any atom is -0.388 e. The fourth-order valence-electron chi connectivity index (χ4n) is 2.13. The van der Waals surface area contributed by atoms with E-state index in [4.69, 9.17) is 0 Å². The van der Waals surface area contributed by atoms with Crippen molar-refractivity contribution in [1.82, 2.24) is 20.1 Å². The molecule has 0 saturated carbocycles. The second kappa shape index (κ2) is 6.88. The van der Waals surface area contributed by atoms with Crippen LogP contribution in [0.15, 0.2) is 24.4 Å². The summed E-state index contributed by atoms with van der Waals surface area (Å²) in [5, 5.41) is 10.3. The Morgan fingerprint density at radius 1 is 1.33 bits per heavy atom. The standard InChI is InChI=1S/C15H21N5O/c1-11-9-12(2)20(19-11)8-4-6-18-15(21)14-10-13(16-3)5-7-17-14/h5,7,9-10H,4,6,8H2,1-3H3,(H,16,17)(H,18,21). The third-order valence-corrected chi connectivity index (χ3v) is 3.22. The highest BCUT2D eigenvalue weighted by Gasteiger charge is 2.07. The zero-order valence-corrected chi connectivity index (χ0v) is 12.7. The number of aryl methyl sites for hydroxylation is 3. The molecule has 2 heterocycles. The van der Waals surface area contributed by atoms with E-state index in [-0.39, 0.29) is 5.91 Å². The maximum Gasteiger partial charge on any atom is 0.269 e. The zero-order valence-electron chi connectivity index (χ0n) is 12.7. The number of aromatic nitrogens is 3. The van der Waals surface area contributed by atoms with Crippen LogP contribution < -0.4 is 10.6 Å². The third kappa shape index (κ3) is 4.05. The lowest BCUT2D eigenvalue weighted by Gasteiger charge is -2.07. The van der Waals surface area contributed by atoms with Crippen LogP contribution in [0.4, 0.5) is 5.69 Å². The number of rotatable bonds is 6. The molecule has 2 N–H and O–H groups in total. The van der Waals surface area contributed by atoms with Crippen LogP contribution in [0.25, 0.3) is 0 Å². The van der Waals surface area contributed by atoms with Crippen molar-refractivity contribution in [2.45, 2.75) is 26.8 Å². The van der Waals surface area contributed by atoms with Crippen LogP contribution in [0.3, 0.4) is 0 Å². The lowest BCUT2D eigenvalue weighted by molar-refractivity contribution is 0.0947. The molecule has 21 heavy (non-hydrogen) atoms. The quantitative estimate of drug-likeness (QED) is 0.794. The van der Waals surface area contributed by atoms with Gasteiger partial charge in [0.2, 0.25) is 0 Å². The van der Waals surface area contributed by atoms with Gasteiger partial charge in [0.05, 0.1) is 5.69 Å². The van der Waals surface area contributed by atoms with E-state index in [2.05, 4.69) is 20.7 Å². The number of carbonyl (C=O) groups excluding carboxylic acids is 1. The molecule has 0 aromatic carbocycles. The molecular weight excluding hydrogens is 266 g/mol. The van der Waals surface area contributed by atoms with Crippen molar-refractivity contribution in [3.05, 3.63) is 41.5 Å². The van der Waals surface area contributed by atoms with Crippen LogP contribution in [0, 0.1) is 13.8 Å². The van der Waals surface area contributed by atoms with E-state index in [0.29, 0.717) is 12.2 Å². The maximum atomic E-state index is 12.0. The first kappa shape index (κ1) is 15.0. The Bertz CT molecular complexity index is 620. The second-order valence-corrected chi connectivity index (χ2v) is 4.94. The van der Waals surface area contributed by atoms with Gasteiger partial charge in [-0.05, 0) is 38.5 Å². The Kier molecular flexibility index (Phi) is 4.92. The largest absolute Gasteiger partial charge is 0.388 e. The fourth-order valence-corrected chi connectivity index (χ4v) is 2.13. The van der Waals surface area contributed by atoms with E-state index in [9.17, 15) is 4.79 Å². The van der Waals surface area contributed by atoms with Crippen LogP contribution >= 0.6 is 0 Å². The van der Waals surface area contributed by atoms with Gasteiger partial charge in [0.15, 0.2) is 0 Å². The Labute approximate surface area is 124 Å². The molecule has 1 amide bonds. The number of nitrogens with zero attached hydrogens (tertiary/aromatic N) is 3. The van der Waals surface area contributed by atoms with Crippen molar-refractivity contribution in [2.24, 2.45) is 0 Å². The molecule has 0 spiro atoms. The van der Waals surface area contributed by atoms with Gasteiger partial charge in [0.25, 0.3) is 5.91 Å². The average molecular weight is 287 g/mol. The number of hydrogen-bond donors (Lipinski definition) is 2. The van der Waals surface area contributed by atoms with Gasteiger partial charge in [-0.15, -0.1) is 0 Å². The van der Waals surface area contributed by atoms with Gasteiger partial charge < -0.3 is 10.6 Å². The van der Waals surface area contributed by atoms with E-state index in [1.54, 1.807) is 12.3 Å². The molecular formula is C15H21N5O. The molecule has 0 fully saturated rings. The van der Waals surface area contributed by atoms with E-state index in [1.165, 1.54) is 0 Å². The van der Waals surface area contributed by atoms with Crippen LogP contribution in [0.2, 0.25) is 0 Å². The van der Waals surface area contributed by atoms with Crippen LogP contribution in [0.5, 0.6) is 0 Å². The predicted molar refractivity (Wildman–Crippen MR) is 82.4 cm³/mol. The molecule has 0 bridgehead atoms. The molecule has 0 aliphatic rings. The number of amides is 1. The van der Waals surface area contributed by atoms with Gasteiger partial charge in [-0.1, -0.05) is 0 Å². The Morgan fingerprint density at radius 2 is 2.14 bits per heavy atom. The molecule has 6 heteroatoms. The summed E-state index contributed by atoms with van der Waals surface area (Å²) in [7, 11) is 1.81. The van der Waals surface area contributed by atoms with Gasteiger partial charge in [-0.2, -0.15) is 5.10 Å². The number of hydrogen-bond acceptors (Lipinski definition) is 4. The van der Waals surface area contributed by atoms with Crippen molar-refractivity contribution >= 4 is 11.6 Å². The van der Waals surface area contributed by atoms with Gasteiger partial charge in [0, 0.05) is 37.7 Å². The van der Waals surface area contributed by atoms with E-state index < -0.39 is 0 Å². The number of nitrogens with one attached hydrogen (secondary N) is 2. The molecule has 2 aromatic rings. The monoisotopic (exact) mass is 287 g/mol. The molecule has 0 aliphatic carbocycles. The van der Waals surface area contributed by atoms with Crippen molar-refractivity contribution in [2.75, 3.05) is 18.9 Å². The van der Waals surface area contributed by atoms with Crippen molar-refractivity contribution in [3.63, 3.8) is 0 Å². The smallest absolute Gasteiger partial charge is 0.269 e. The highest BCUT2D eigenvalue weighted by atomic mass is 16.1. The normalized spacial score (nSPS) is 10.4. The molecule has 0 aliphatic heterocycles. The number of pyridine rings is 1. The summed E-state index contributed by atoms with van der Waals surface area (Å²) < 4.78 is 1.96. The van der Waals surface area contributed by atoms with Crippen LogP contribution in [-0.2, 0) is 6.54 Å². The van der Waals surface area contributed by atoms with E-state index in [0.717, 1.165) is 30.0 Å². The number of carbonyl (C=O) groups is 1. The first-order valence-electron chi connectivity index (χ1n) is 7.03. The molecule has 0 atom stereocenters. The summed E-state index contributed by atoms with van der Waals surface area (Å²) in [6.07, 6.45) is 2.45. The van der Waals surface area contributed by atoms with Crippen molar-refractivity contribution in [1.29, 1.82) is 0 Å². The SMILES string of the molecule is CNc1ccnc(C(=O)NCCCn2nc(C)cc2C)c1. The molecule has 2 aromatic heterocycles. The van der Waals surface area contributed by atoms with Gasteiger partial charge in [-0.25, -0.2) is 0 Å². The van der Waals surface area contributed by atoms with Crippen LogP contribution in [-0.4, -0.2) is 34.3 Å². The van der Waals surface area contributed by atoms with Gasteiger partial charge in [-0.3, -0.25) is 14.5 Å². The summed E-state index contributed by atoms with van der Waals surface area (Å²) in [6, 6.07) is 5.60. The summed E-state index contributed by atoms with van der Waals surface area (Å²) >= 11 is 0. The van der Waals surface area contributed by atoms with Crippen LogP contribution in [0.1, 0.15) is 28.3 Å². The van der Waals surface area contributed by atoms with Crippen molar-refractivity contribution < 1.29 is 4.79 Å². The fraction of sp³-hybridized carbons (Fsp3) is 0.400. The summed E-state index contributed by atoms with van der Waals surface area (Å²) in [6.45, 7) is 5.41. The van der Waals surface area contributed by atoms with E-state index in [1.807, 2.05) is 37.7 Å². The average Bonchev–Trinajstić information content (AvgIpc) is 2.81. The third-order valence-electron chi connectivity index (χ3n) is 3.22. The first-order valence-corrected chi connectivity index (χ1v) is 7.03. The second-order valence-electron chi connectivity index (χ2n) is 4.94. The highest BCUT2D eigenvalue weighted by Crippen LogP contribution is 2.06. The molecule has 2 rings (SSSR count). The zero-order chi connectivity index (χ0) is 15.2. The van der Waals surface area contributed by atoms with Crippen molar-refractivity contribution in [3.8, 4) is 0 Å². The summed E-state index contributed by atoms with van der Waals surface area (Å²) in [4.78, 5) is 16.0. The highest BCUT2D eigenvalue weighted by molar-refractivity contribution is 5.93. The van der Waals surface area contributed by atoms with Gasteiger partial charge in [0.1, 0.15) is 5.69 Å². The molecule has 0 radical (unpaired) electrons. The Hall–Kier alpha value is -2.37.